The van der Waals surface area contributed by atoms with Gasteiger partial charge in [-0.2, -0.15) is 0 Å². The molecule has 2 amide bonds. The van der Waals surface area contributed by atoms with Crippen LogP contribution in [0.2, 0.25) is 5.02 Å². The van der Waals surface area contributed by atoms with Crippen LogP contribution in [0.25, 0.3) is 10.1 Å². The summed E-state index contributed by atoms with van der Waals surface area (Å²) in [5, 5.41) is 9.20. The average Bonchev–Trinajstić information content (AvgIpc) is 3.07. The second-order valence-electron chi connectivity index (χ2n) is 7.01. The Hall–Kier alpha value is -2.90. The highest BCUT2D eigenvalue weighted by atomic mass is 35.5. The normalized spacial score (nSPS) is 14.7. The summed E-state index contributed by atoms with van der Waals surface area (Å²) in [7, 11) is 0. The molecule has 2 heterocycles. The summed E-state index contributed by atoms with van der Waals surface area (Å²) in [5.74, 6) is -0.148. The molecule has 1 fully saturated rings. The topological polar surface area (TPSA) is 90.5 Å². The number of carbonyl (C=O) groups excluding carboxylic acids is 2. The molecule has 1 saturated heterocycles. The van der Waals surface area contributed by atoms with E-state index >= 15 is 0 Å². The maximum atomic E-state index is 12.6. The van der Waals surface area contributed by atoms with Crippen molar-refractivity contribution in [1.29, 1.82) is 5.41 Å². The van der Waals surface area contributed by atoms with Crippen LogP contribution < -0.4 is 5.73 Å². The number of carbonyl (C=O) groups is 2. The molecule has 4 rings (SSSR count). The number of nitrogens with one attached hydrogen (secondary N) is 1. The van der Waals surface area contributed by atoms with E-state index in [4.69, 9.17) is 22.7 Å². The Kier molecular flexibility index (Phi) is 5.25. The van der Waals surface area contributed by atoms with Crippen LogP contribution in [0, 0.1) is 5.41 Å². The smallest absolute Gasteiger partial charge is 0.243 e. The van der Waals surface area contributed by atoms with Crippen LogP contribution in [-0.2, 0) is 22.7 Å². The van der Waals surface area contributed by atoms with Gasteiger partial charge < -0.3 is 15.5 Å². The molecule has 2 aromatic carbocycles. The quantitative estimate of drug-likeness (QED) is 0.484. The third-order valence-corrected chi connectivity index (χ3v) is 6.19. The number of rotatable bonds is 5. The van der Waals surface area contributed by atoms with Gasteiger partial charge in [0.1, 0.15) is 18.9 Å². The van der Waals surface area contributed by atoms with Crippen LogP contribution in [0.4, 0.5) is 0 Å². The summed E-state index contributed by atoms with van der Waals surface area (Å²) in [4.78, 5) is 29.4. The van der Waals surface area contributed by atoms with E-state index in [1.165, 1.54) is 0 Å². The van der Waals surface area contributed by atoms with Crippen molar-refractivity contribution in [2.24, 2.45) is 5.73 Å². The minimum absolute atomic E-state index is 0.0000668. The summed E-state index contributed by atoms with van der Waals surface area (Å²) in [6.45, 7) is 0.907. The van der Waals surface area contributed by atoms with E-state index < -0.39 is 0 Å². The maximum absolute atomic E-state index is 12.6. The van der Waals surface area contributed by atoms with Gasteiger partial charge in [-0.1, -0.05) is 41.9 Å². The van der Waals surface area contributed by atoms with Gasteiger partial charge in [-0.25, -0.2) is 0 Å². The van der Waals surface area contributed by atoms with Crippen molar-refractivity contribution < 1.29 is 9.59 Å². The first kappa shape index (κ1) is 19.4. The van der Waals surface area contributed by atoms with Crippen molar-refractivity contribution in [2.45, 2.75) is 13.1 Å². The van der Waals surface area contributed by atoms with Crippen LogP contribution >= 0.6 is 22.9 Å². The molecule has 0 aliphatic carbocycles. The number of thiophene rings is 1. The molecule has 0 unspecified atom stereocenters. The molecule has 1 aromatic heterocycles. The maximum Gasteiger partial charge on any atom is 0.243 e. The Morgan fingerprint density at radius 3 is 2.31 bits per heavy atom. The molecule has 3 aromatic rings. The molecule has 8 heteroatoms. The Labute approximate surface area is 177 Å². The van der Waals surface area contributed by atoms with Gasteiger partial charge in [-0.05, 0) is 29.1 Å². The second kappa shape index (κ2) is 7.85. The highest BCUT2D eigenvalue weighted by Gasteiger charge is 2.30. The Morgan fingerprint density at radius 1 is 1.00 bits per heavy atom. The van der Waals surface area contributed by atoms with Gasteiger partial charge in [-0.15, -0.1) is 11.3 Å². The van der Waals surface area contributed by atoms with Crippen molar-refractivity contribution in [3.8, 4) is 0 Å². The Morgan fingerprint density at radius 2 is 1.66 bits per heavy atom. The number of amides is 2. The van der Waals surface area contributed by atoms with Crippen molar-refractivity contribution in [3.63, 3.8) is 0 Å². The SMILES string of the molecule is N=C(N)c1ccc(CN2CC(=O)N(Cc3cc4ccc(Cl)cc4s3)CC2=O)cc1. The van der Waals surface area contributed by atoms with Gasteiger partial charge in [0.25, 0.3) is 0 Å². The average molecular weight is 427 g/mol. The lowest BCUT2D eigenvalue weighted by Crippen LogP contribution is -2.52. The highest BCUT2D eigenvalue weighted by Crippen LogP contribution is 2.29. The first-order valence-corrected chi connectivity index (χ1v) is 10.3. The molecule has 6 nitrogen and oxygen atoms in total. The van der Waals surface area contributed by atoms with Crippen molar-refractivity contribution in [2.75, 3.05) is 13.1 Å². The number of hydrogen-bond donors (Lipinski definition) is 2. The molecular weight excluding hydrogens is 408 g/mol. The number of piperazine rings is 1. The summed E-state index contributed by atoms with van der Waals surface area (Å²) in [6.07, 6.45) is 0. The minimum atomic E-state index is -0.0793. The third-order valence-electron chi connectivity index (χ3n) is 4.88. The molecule has 0 radical (unpaired) electrons. The molecule has 3 N–H and O–H groups in total. The fourth-order valence-corrected chi connectivity index (χ4v) is 4.68. The Bertz CT molecular complexity index is 1110. The zero-order valence-corrected chi connectivity index (χ0v) is 17.1. The Balaban J connectivity index is 1.42. The third kappa shape index (κ3) is 4.26. The monoisotopic (exact) mass is 426 g/mol. The lowest BCUT2D eigenvalue weighted by atomic mass is 10.1. The van der Waals surface area contributed by atoms with Gasteiger partial charge in [-0.3, -0.25) is 15.0 Å². The molecule has 148 valence electrons. The number of amidine groups is 1. The number of nitrogens with two attached hydrogens (primary N) is 1. The van der Waals surface area contributed by atoms with E-state index in [0.29, 0.717) is 23.7 Å². The second-order valence-corrected chi connectivity index (χ2v) is 8.61. The highest BCUT2D eigenvalue weighted by molar-refractivity contribution is 7.19. The fraction of sp³-hybridized carbons (Fsp3) is 0.190. The lowest BCUT2D eigenvalue weighted by molar-refractivity contribution is -0.151. The van der Waals surface area contributed by atoms with Crippen molar-refractivity contribution >= 4 is 50.7 Å². The van der Waals surface area contributed by atoms with Gasteiger partial charge in [0, 0.05) is 26.7 Å². The molecule has 0 atom stereocenters. The van der Waals surface area contributed by atoms with E-state index in [2.05, 4.69) is 0 Å². The molecule has 0 spiro atoms. The van der Waals surface area contributed by atoms with Gasteiger partial charge in [0.05, 0.1) is 6.54 Å². The lowest BCUT2D eigenvalue weighted by Gasteiger charge is -2.33. The first-order valence-electron chi connectivity index (χ1n) is 9.06. The minimum Gasteiger partial charge on any atom is -0.384 e. The molecule has 29 heavy (non-hydrogen) atoms. The largest absolute Gasteiger partial charge is 0.384 e. The van der Waals surface area contributed by atoms with E-state index in [0.717, 1.165) is 20.5 Å². The number of nitrogen functional groups attached to an aromatic ring is 1. The van der Waals surface area contributed by atoms with Gasteiger partial charge >= 0.3 is 0 Å². The van der Waals surface area contributed by atoms with Crippen LogP contribution in [-0.4, -0.2) is 40.5 Å². The van der Waals surface area contributed by atoms with E-state index in [-0.39, 0.29) is 30.7 Å². The number of benzene rings is 2. The van der Waals surface area contributed by atoms with Gasteiger partial charge in [0.2, 0.25) is 11.8 Å². The standard InChI is InChI=1S/C21H19ClN4O2S/c22-16-6-5-15-7-17(29-18(15)8-16)10-26-12-19(27)25(11-20(26)28)9-13-1-3-14(4-2-13)21(23)24/h1-8H,9-12H2,(H3,23,24). The summed E-state index contributed by atoms with van der Waals surface area (Å²) in [5.41, 5.74) is 6.99. The van der Waals surface area contributed by atoms with Crippen LogP contribution in [0.1, 0.15) is 16.0 Å². The van der Waals surface area contributed by atoms with Crippen LogP contribution in [0.3, 0.4) is 0 Å². The van der Waals surface area contributed by atoms with Crippen LogP contribution in [0.15, 0.2) is 48.5 Å². The zero-order valence-electron chi connectivity index (χ0n) is 15.5. The number of fused-ring (bicyclic) bond motifs is 1. The predicted molar refractivity (Wildman–Crippen MR) is 115 cm³/mol. The van der Waals surface area contributed by atoms with E-state index in [1.807, 2.05) is 36.4 Å². The molecule has 1 aliphatic rings. The molecular formula is C21H19ClN4O2S. The number of halogens is 1. The van der Waals surface area contributed by atoms with Crippen molar-refractivity contribution in [1.82, 2.24) is 9.80 Å². The van der Waals surface area contributed by atoms with Gasteiger partial charge in [0.15, 0.2) is 0 Å². The first-order chi connectivity index (χ1) is 13.9. The molecule has 0 bridgehead atoms. The van der Waals surface area contributed by atoms with E-state index in [1.54, 1.807) is 33.3 Å². The summed E-state index contributed by atoms with van der Waals surface area (Å²) in [6, 6.07) is 14.9. The fourth-order valence-electron chi connectivity index (χ4n) is 3.33. The van der Waals surface area contributed by atoms with E-state index in [9.17, 15) is 9.59 Å². The van der Waals surface area contributed by atoms with Crippen LogP contribution in [0.5, 0.6) is 0 Å². The summed E-state index contributed by atoms with van der Waals surface area (Å²) < 4.78 is 1.07. The number of hydrogen-bond acceptors (Lipinski definition) is 4. The zero-order chi connectivity index (χ0) is 20.5. The number of nitrogens with zero attached hydrogens (tertiary/aromatic N) is 2. The van der Waals surface area contributed by atoms with Crippen molar-refractivity contribution in [3.05, 3.63) is 69.6 Å². The predicted octanol–water partition coefficient (Wildman–Crippen LogP) is 3.21. The molecule has 0 saturated carbocycles. The molecule has 1 aliphatic heterocycles. The summed E-state index contributed by atoms with van der Waals surface area (Å²) >= 11 is 7.63.